The van der Waals surface area contributed by atoms with Crippen molar-refractivity contribution in [3.05, 3.63) is 87.9 Å². The van der Waals surface area contributed by atoms with Gasteiger partial charge in [-0.1, -0.05) is 87.7 Å². The number of hydrogen-bond donors (Lipinski definition) is 6. The second kappa shape index (κ2) is 19.6. The summed E-state index contributed by atoms with van der Waals surface area (Å²) in [4.78, 5) is 88.4. The van der Waals surface area contributed by atoms with Crippen LogP contribution < -0.4 is 27.0 Å². The van der Waals surface area contributed by atoms with E-state index in [2.05, 4.69) is 26.3 Å². The van der Waals surface area contributed by atoms with E-state index in [1.165, 1.54) is 23.2 Å². The van der Waals surface area contributed by atoms with Crippen LogP contribution >= 0.6 is 11.3 Å². The van der Waals surface area contributed by atoms with Crippen molar-refractivity contribution in [2.75, 3.05) is 0 Å². The number of nitrogens with zero attached hydrogens (tertiary/aromatic N) is 2. The Morgan fingerprint density at radius 1 is 0.821 bits per heavy atom. The second-order valence-electron chi connectivity index (χ2n) is 15.2. The molecule has 5 rings (SSSR count). The highest BCUT2D eigenvalue weighted by molar-refractivity contribution is 7.09. The standard InChI is InChI=1S/C41H53N7O7S/c1-24(2)34(46-36(49)25(3)42)38(51)47-35(27-14-8-5-9-15-27)39(52)44-31(20-30-21-43-23-56-30)40(53)48-22-29-17-11-10-16-28(29)19-33(48)37(50)45-32(41(54)55)18-26-12-6-4-7-13-26/h4,6-7,10-13,16-17,21,23-25,27,31-35H,5,8-9,14-15,18-20,22,42H2,1-3H3,(H,44,52)(H,45,50)(H,46,49)(H,47,51)(H,54,55)/t25-,31-,32-,33-,34-,35?/m0/s1. The van der Waals surface area contributed by atoms with Gasteiger partial charge < -0.3 is 37.0 Å². The topological polar surface area (TPSA) is 213 Å². The van der Waals surface area contributed by atoms with Crippen LogP contribution in [-0.4, -0.2) is 86.7 Å². The van der Waals surface area contributed by atoms with Gasteiger partial charge >= 0.3 is 5.97 Å². The molecule has 1 saturated carbocycles. The van der Waals surface area contributed by atoms with E-state index in [0.29, 0.717) is 17.7 Å². The number of nitrogens with two attached hydrogens (primary N) is 1. The first kappa shape index (κ1) is 42.0. The van der Waals surface area contributed by atoms with Crippen LogP contribution in [0.15, 0.2) is 66.3 Å². The van der Waals surface area contributed by atoms with Gasteiger partial charge in [0.1, 0.15) is 30.2 Å². The number of benzene rings is 2. The van der Waals surface area contributed by atoms with Gasteiger partial charge in [-0.3, -0.25) is 29.0 Å². The number of rotatable bonds is 16. The maximum atomic E-state index is 14.9. The summed E-state index contributed by atoms with van der Waals surface area (Å²) in [6, 6.07) is 10.1. The highest BCUT2D eigenvalue weighted by Crippen LogP contribution is 2.28. The van der Waals surface area contributed by atoms with E-state index in [1.54, 1.807) is 49.8 Å². The summed E-state index contributed by atoms with van der Waals surface area (Å²) in [5.41, 5.74) is 9.80. The van der Waals surface area contributed by atoms with Crippen LogP contribution in [0.3, 0.4) is 0 Å². The lowest BCUT2D eigenvalue weighted by Crippen LogP contribution is -2.62. The summed E-state index contributed by atoms with van der Waals surface area (Å²) in [7, 11) is 0. The Bertz CT molecular complexity index is 1830. The molecule has 2 aromatic carbocycles. The number of carbonyl (C=O) groups is 6. The van der Waals surface area contributed by atoms with Crippen LogP contribution in [0.4, 0.5) is 0 Å². The summed E-state index contributed by atoms with van der Waals surface area (Å²) in [5, 5.41) is 21.4. The van der Waals surface area contributed by atoms with Gasteiger partial charge in [-0.05, 0) is 48.3 Å². The molecule has 7 N–H and O–H groups in total. The zero-order chi connectivity index (χ0) is 40.4. The minimum absolute atomic E-state index is 0.0457. The quantitative estimate of drug-likeness (QED) is 0.126. The van der Waals surface area contributed by atoms with Crippen molar-refractivity contribution in [1.29, 1.82) is 0 Å². The minimum Gasteiger partial charge on any atom is -0.480 e. The molecule has 2 heterocycles. The summed E-state index contributed by atoms with van der Waals surface area (Å²) < 4.78 is 0. The van der Waals surface area contributed by atoms with Gasteiger partial charge in [0.2, 0.25) is 29.5 Å². The maximum Gasteiger partial charge on any atom is 0.326 e. The SMILES string of the molecule is CC(C)[C@H](NC(=O)[C@H](C)N)C(=O)NC(C(=O)N[C@@H](Cc1cncs1)C(=O)N1Cc2ccccc2C[C@H]1C(=O)N[C@@H](Cc1ccccc1)C(=O)O)C1CCCCC1. The molecule has 1 aliphatic carbocycles. The second-order valence-corrected chi connectivity index (χ2v) is 16.2. The van der Waals surface area contributed by atoms with Gasteiger partial charge in [-0.2, -0.15) is 0 Å². The number of hydrogen-bond acceptors (Lipinski definition) is 9. The molecule has 1 aliphatic heterocycles. The number of carbonyl (C=O) groups excluding carboxylic acids is 5. The van der Waals surface area contributed by atoms with Crippen molar-refractivity contribution in [2.45, 2.75) is 115 Å². The first-order valence-corrected chi connectivity index (χ1v) is 20.2. The molecule has 1 unspecified atom stereocenters. The molecular weight excluding hydrogens is 735 g/mol. The van der Waals surface area contributed by atoms with Crippen LogP contribution in [0.2, 0.25) is 0 Å². The van der Waals surface area contributed by atoms with Crippen LogP contribution in [0.1, 0.15) is 74.4 Å². The number of amides is 5. The Labute approximate surface area is 331 Å². The lowest BCUT2D eigenvalue weighted by molar-refractivity contribution is -0.147. The van der Waals surface area contributed by atoms with E-state index in [-0.39, 0.29) is 37.6 Å². The lowest BCUT2D eigenvalue weighted by atomic mass is 9.83. The highest BCUT2D eigenvalue weighted by atomic mass is 32.1. The van der Waals surface area contributed by atoms with Crippen molar-refractivity contribution in [1.82, 2.24) is 31.2 Å². The number of aromatic nitrogens is 1. The third-order valence-electron chi connectivity index (χ3n) is 10.6. The van der Waals surface area contributed by atoms with Crippen LogP contribution in [0.25, 0.3) is 0 Å². The number of fused-ring (bicyclic) bond motifs is 1. The molecule has 2 aliphatic rings. The Hall–Kier alpha value is -5.15. The Balaban J connectivity index is 1.44. The average molecular weight is 788 g/mol. The minimum atomic E-state index is -1.25. The smallest absolute Gasteiger partial charge is 0.326 e. The Morgan fingerprint density at radius 3 is 2.12 bits per heavy atom. The van der Waals surface area contributed by atoms with Crippen LogP contribution in [-0.2, 0) is 54.6 Å². The number of carboxylic acid groups (broad SMARTS) is 1. The van der Waals surface area contributed by atoms with Gasteiger partial charge in [0.05, 0.1) is 11.6 Å². The van der Waals surface area contributed by atoms with Crippen molar-refractivity contribution in [3.8, 4) is 0 Å². The first-order chi connectivity index (χ1) is 26.8. The van der Waals surface area contributed by atoms with Crippen molar-refractivity contribution >= 4 is 46.8 Å². The molecule has 0 radical (unpaired) electrons. The van der Waals surface area contributed by atoms with E-state index in [4.69, 9.17) is 5.73 Å². The molecular formula is C41H53N7O7S. The Kier molecular flexibility index (Phi) is 14.7. The molecule has 0 bridgehead atoms. The summed E-state index contributed by atoms with van der Waals surface area (Å²) in [5.74, 6) is -4.48. The molecule has 1 aromatic heterocycles. The van der Waals surface area contributed by atoms with Gasteiger partial charge in [0.15, 0.2) is 0 Å². The number of thiazole rings is 1. The number of nitrogens with one attached hydrogen (secondary N) is 4. The fraction of sp³-hybridized carbons (Fsp3) is 0.488. The van der Waals surface area contributed by atoms with Crippen LogP contribution in [0, 0.1) is 11.8 Å². The molecule has 6 atom stereocenters. The van der Waals surface area contributed by atoms with E-state index < -0.39 is 71.8 Å². The van der Waals surface area contributed by atoms with Gasteiger partial charge in [-0.15, -0.1) is 11.3 Å². The first-order valence-electron chi connectivity index (χ1n) is 19.3. The summed E-state index contributed by atoms with van der Waals surface area (Å²) in [6.07, 6.45) is 5.97. The maximum absolute atomic E-state index is 14.9. The predicted molar refractivity (Wildman–Crippen MR) is 211 cm³/mol. The highest BCUT2D eigenvalue weighted by Gasteiger charge is 2.41. The third-order valence-corrected chi connectivity index (χ3v) is 11.4. The molecule has 14 nitrogen and oxygen atoms in total. The number of carboxylic acids is 1. The summed E-state index contributed by atoms with van der Waals surface area (Å²) in [6.45, 7) is 5.15. The molecule has 1 fully saturated rings. The average Bonchev–Trinajstić information content (AvgIpc) is 3.71. The van der Waals surface area contributed by atoms with E-state index in [1.807, 2.05) is 30.3 Å². The predicted octanol–water partition coefficient (Wildman–Crippen LogP) is 2.49. The Morgan fingerprint density at radius 2 is 1.50 bits per heavy atom. The third kappa shape index (κ3) is 11.0. The van der Waals surface area contributed by atoms with E-state index >= 15 is 0 Å². The molecule has 0 spiro atoms. The van der Waals surface area contributed by atoms with Crippen LogP contribution in [0.5, 0.6) is 0 Å². The molecule has 3 aromatic rings. The molecule has 56 heavy (non-hydrogen) atoms. The zero-order valence-electron chi connectivity index (χ0n) is 32.1. The van der Waals surface area contributed by atoms with Crippen molar-refractivity contribution < 1.29 is 33.9 Å². The monoisotopic (exact) mass is 787 g/mol. The molecule has 0 saturated heterocycles. The summed E-state index contributed by atoms with van der Waals surface area (Å²) >= 11 is 1.31. The zero-order valence-corrected chi connectivity index (χ0v) is 32.9. The van der Waals surface area contributed by atoms with Gasteiger partial charge in [-0.25, -0.2) is 4.79 Å². The molecule has 15 heteroatoms. The van der Waals surface area contributed by atoms with E-state index in [9.17, 15) is 33.9 Å². The van der Waals surface area contributed by atoms with Gasteiger partial charge in [0.25, 0.3) is 0 Å². The fourth-order valence-electron chi connectivity index (χ4n) is 7.44. The van der Waals surface area contributed by atoms with Crippen molar-refractivity contribution in [2.24, 2.45) is 17.6 Å². The van der Waals surface area contributed by atoms with Gasteiger partial charge in [0, 0.05) is 36.9 Å². The van der Waals surface area contributed by atoms with E-state index in [0.717, 1.165) is 36.0 Å². The number of aliphatic carboxylic acids is 1. The van der Waals surface area contributed by atoms with Crippen molar-refractivity contribution in [3.63, 3.8) is 0 Å². The molecule has 5 amide bonds. The molecule has 300 valence electrons. The largest absolute Gasteiger partial charge is 0.480 e. The normalized spacial score (nSPS) is 18.4. The lowest BCUT2D eigenvalue weighted by Gasteiger charge is -2.39. The fourth-order valence-corrected chi connectivity index (χ4v) is 8.08.